The molecule has 35 heavy (non-hydrogen) atoms. The van der Waals surface area contributed by atoms with Crippen molar-refractivity contribution >= 4 is 29.2 Å². The standard InChI is InChI=1S/C26H28ClF3N2O3/c1-15(24(34)35-25(3,4)5)12-17-6-7-19(14-31)21(13-17)32-23(33)22(16(2)26(28,29)30)18-8-10-20(27)11-9-18/h6-11,13,15-16,22H,12H2,1-5H3,(H,32,33)/t15?,16-,22+/m1/s1. The quantitative estimate of drug-likeness (QED) is 0.424. The van der Waals surface area contributed by atoms with Gasteiger partial charge in [-0.2, -0.15) is 18.4 Å². The monoisotopic (exact) mass is 508 g/mol. The number of hydrogen-bond acceptors (Lipinski definition) is 4. The molecule has 5 nitrogen and oxygen atoms in total. The molecule has 0 bridgehead atoms. The molecule has 2 aromatic rings. The molecular weight excluding hydrogens is 481 g/mol. The Balaban J connectivity index is 2.34. The number of carbonyl (C=O) groups excluding carboxylic acids is 2. The third-order valence-corrected chi connectivity index (χ3v) is 5.59. The van der Waals surface area contributed by atoms with Crippen molar-refractivity contribution in [1.82, 2.24) is 0 Å². The number of esters is 1. The molecule has 3 atom stereocenters. The van der Waals surface area contributed by atoms with Gasteiger partial charge in [-0.05, 0) is 62.6 Å². The molecule has 0 saturated heterocycles. The summed E-state index contributed by atoms with van der Waals surface area (Å²) in [6.07, 6.45) is -4.38. The SMILES string of the molecule is CC(Cc1ccc(C#N)c(NC(=O)[C@H](c2ccc(Cl)cc2)[C@@H](C)C(F)(F)F)c1)C(=O)OC(C)(C)C. The normalized spacial score (nSPS) is 14.4. The molecule has 2 rings (SSSR count). The van der Waals surface area contributed by atoms with Crippen molar-refractivity contribution in [2.45, 2.75) is 58.7 Å². The number of rotatable bonds is 7. The first-order valence-electron chi connectivity index (χ1n) is 11.0. The summed E-state index contributed by atoms with van der Waals surface area (Å²) in [6, 6.07) is 12.1. The molecular formula is C26H28ClF3N2O3. The van der Waals surface area contributed by atoms with Gasteiger partial charge in [0.05, 0.1) is 29.0 Å². The van der Waals surface area contributed by atoms with Crippen LogP contribution in [-0.4, -0.2) is 23.7 Å². The van der Waals surface area contributed by atoms with E-state index in [1.165, 1.54) is 36.4 Å². The van der Waals surface area contributed by atoms with Crippen molar-refractivity contribution in [3.63, 3.8) is 0 Å². The van der Waals surface area contributed by atoms with Crippen molar-refractivity contribution in [3.8, 4) is 6.07 Å². The van der Waals surface area contributed by atoms with Crippen LogP contribution in [0.5, 0.6) is 0 Å². The lowest BCUT2D eigenvalue weighted by Crippen LogP contribution is -2.34. The number of anilines is 1. The lowest BCUT2D eigenvalue weighted by atomic mass is 9.85. The minimum absolute atomic E-state index is 0.0692. The highest BCUT2D eigenvalue weighted by atomic mass is 35.5. The molecule has 1 unspecified atom stereocenters. The van der Waals surface area contributed by atoms with Crippen molar-refractivity contribution in [2.75, 3.05) is 5.32 Å². The number of nitriles is 1. The predicted octanol–water partition coefficient (Wildman–Crippen LogP) is 6.65. The average Bonchev–Trinajstić information content (AvgIpc) is 2.73. The summed E-state index contributed by atoms with van der Waals surface area (Å²) >= 11 is 5.86. The lowest BCUT2D eigenvalue weighted by molar-refractivity contribution is -0.178. The van der Waals surface area contributed by atoms with E-state index in [0.717, 1.165) is 6.92 Å². The fourth-order valence-corrected chi connectivity index (χ4v) is 3.62. The molecule has 0 radical (unpaired) electrons. The van der Waals surface area contributed by atoms with Crippen LogP contribution in [0.15, 0.2) is 42.5 Å². The zero-order chi connectivity index (χ0) is 26.6. The lowest BCUT2D eigenvalue weighted by Gasteiger charge is -2.26. The number of alkyl halides is 3. The summed E-state index contributed by atoms with van der Waals surface area (Å²) in [6.45, 7) is 7.89. The number of benzene rings is 2. The highest BCUT2D eigenvalue weighted by molar-refractivity contribution is 6.30. The van der Waals surface area contributed by atoms with Gasteiger partial charge in [0.25, 0.3) is 0 Å². The second-order valence-corrected chi connectivity index (χ2v) is 9.92. The Hall–Kier alpha value is -3.05. The molecule has 9 heteroatoms. The first-order chi connectivity index (χ1) is 16.1. The van der Waals surface area contributed by atoms with Crippen LogP contribution in [-0.2, 0) is 20.7 Å². The molecule has 0 fully saturated rings. The van der Waals surface area contributed by atoms with Gasteiger partial charge < -0.3 is 10.1 Å². The van der Waals surface area contributed by atoms with E-state index in [2.05, 4.69) is 5.32 Å². The van der Waals surface area contributed by atoms with E-state index in [1.807, 2.05) is 6.07 Å². The Morgan fingerprint density at radius 3 is 2.20 bits per heavy atom. The van der Waals surface area contributed by atoms with Gasteiger partial charge >= 0.3 is 12.1 Å². The summed E-state index contributed by atoms with van der Waals surface area (Å²) in [5.74, 6) is -5.40. The van der Waals surface area contributed by atoms with Gasteiger partial charge in [-0.3, -0.25) is 9.59 Å². The van der Waals surface area contributed by atoms with Crippen LogP contribution in [0.2, 0.25) is 5.02 Å². The van der Waals surface area contributed by atoms with Crippen molar-refractivity contribution in [2.24, 2.45) is 11.8 Å². The number of hydrogen-bond donors (Lipinski definition) is 1. The number of nitrogens with one attached hydrogen (secondary N) is 1. The Morgan fingerprint density at radius 1 is 1.09 bits per heavy atom. The van der Waals surface area contributed by atoms with Gasteiger partial charge in [0.15, 0.2) is 0 Å². The zero-order valence-corrected chi connectivity index (χ0v) is 20.9. The fraction of sp³-hybridized carbons (Fsp3) is 0.423. The minimum Gasteiger partial charge on any atom is -0.460 e. The number of amides is 1. The van der Waals surface area contributed by atoms with E-state index < -0.39 is 41.4 Å². The largest absolute Gasteiger partial charge is 0.460 e. The van der Waals surface area contributed by atoms with Crippen LogP contribution in [0.25, 0.3) is 0 Å². The van der Waals surface area contributed by atoms with Crippen LogP contribution in [0.3, 0.4) is 0 Å². The molecule has 0 aliphatic rings. The molecule has 1 N–H and O–H groups in total. The number of ether oxygens (including phenoxy) is 1. The van der Waals surface area contributed by atoms with Crippen LogP contribution in [0.1, 0.15) is 57.2 Å². The van der Waals surface area contributed by atoms with E-state index in [4.69, 9.17) is 16.3 Å². The molecule has 2 aromatic carbocycles. The average molecular weight is 509 g/mol. The van der Waals surface area contributed by atoms with E-state index in [-0.39, 0.29) is 23.2 Å². The Bertz CT molecular complexity index is 1100. The summed E-state index contributed by atoms with van der Waals surface area (Å²) < 4.78 is 46.2. The molecule has 1 amide bonds. The minimum atomic E-state index is -4.63. The Kier molecular flexibility index (Phi) is 8.96. The maximum absolute atomic E-state index is 13.6. The van der Waals surface area contributed by atoms with Gasteiger partial charge in [-0.25, -0.2) is 0 Å². The molecule has 0 heterocycles. The summed E-state index contributed by atoms with van der Waals surface area (Å²) in [5, 5.41) is 12.3. The molecule has 0 saturated carbocycles. The number of halogens is 4. The Labute approximate surface area is 208 Å². The molecule has 0 aromatic heterocycles. The highest BCUT2D eigenvalue weighted by Gasteiger charge is 2.45. The highest BCUT2D eigenvalue weighted by Crippen LogP contribution is 2.38. The third kappa shape index (κ3) is 8.00. The summed E-state index contributed by atoms with van der Waals surface area (Å²) in [7, 11) is 0. The van der Waals surface area contributed by atoms with Crippen LogP contribution >= 0.6 is 11.6 Å². The van der Waals surface area contributed by atoms with Gasteiger partial charge in [-0.1, -0.05) is 43.6 Å². The van der Waals surface area contributed by atoms with Crippen molar-refractivity contribution < 1.29 is 27.5 Å². The fourth-order valence-electron chi connectivity index (χ4n) is 3.50. The van der Waals surface area contributed by atoms with Gasteiger partial charge in [0, 0.05) is 5.02 Å². The van der Waals surface area contributed by atoms with E-state index >= 15 is 0 Å². The van der Waals surface area contributed by atoms with Crippen LogP contribution < -0.4 is 5.32 Å². The van der Waals surface area contributed by atoms with Crippen molar-refractivity contribution in [1.29, 1.82) is 5.26 Å². The van der Waals surface area contributed by atoms with E-state index in [9.17, 15) is 28.0 Å². The van der Waals surface area contributed by atoms with Gasteiger partial charge in [0.2, 0.25) is 5.91 Å². The zero-order valence-electron chi connectivity index (χ0n) is 20.2. The first kappa shape index (κ1) is 28.2. The van der Waals surface area contributed by atoms with E-state index in [1.54, 1.807) is 33.8 Å². The molecule has 0 spiro atoms. The number of carbonyl (C=O) groups is 2. The number of nitrogens with zero attached hydrogens (tertiary/aromatic N) is 1. The topological polar surface area (TPSA) is 79.2 Å². The maximum Gasteiger partial charge on any atom is 0.392 e. The van der Waals surface area contributed by atoms with E-state index in [0.29, 0.717) is 10.6 Å². The molecule has 188 valence electrons. The van der Waals surface area contributed by atoms with Crippen molar-refractivity contribution in [3.05, 3.63) is 64.2 Å². The smallest absolute Gasteiger partial charge is 0.392 e. The predicted molar refractivity (Wildman–Crippen MR) is 128 cm³/mol. The second kappa shape index (κ2) is 11.1. The summed E-state index contributed by atoms with van der Waals surface area (Å²) in [4.78, 5) is 25.5. The van der Waals surface area contributed by atoms with Crippen LogP contribution in [0.4, 0.5) is 18.9 Å². The summed E-state index contributed by atoms with van der Waals surface area (Å²) in [5.41, 5.74) is 0.261. The second-order valence-electron chi connectivity index (χ2n) is 9.48. The van der Waals surface area contributed by atoms with Gasteiger partial charge in [-0.15, -0.1) is 0 Å². The first-order valence-corrected chi connectivity index (χ1v) is 11.4. The Morgan fingerprint density at radius 2 is 1.69 bits per heavy atom. The maximum atomic E-state index is 13.6. The van der Waals surface area contributed by atoms with Gasteiger partial charge in [0.1, 0.15) is 11.7 Å². The molecule has 0 aliphatic carbocycles. The molecule has 0 aliphatic heterocycles. The van der Waals surface area contributed by atoms with Crippen LogP contribution in [0, 0.1) is 23.2 Å². The third-order valence-electron chi connectivity index (χ3n) is 5.34.